The Morgan fingerprint density at radius 2 is 1.62 bits per heavy atom. The minimum atomic E-state index is -0.413. The first kappa shape index (κ1) is 15.7. The molecule has 0 radical (unpaired) electrons. The monoisotopic (exact) mass is 340 g/mol. The fourth-order valence-corrected chi connectivity index (χ4v) is 2.00. The summed E-state index contributed by atoms with van der Waals surface area (Å²) in [6, 6.07) is 11.6. The van der Waals surface area contributed by atoms with Gasteiger partial charge in [-0.3, -0.25) is 0 Å². The van der Waals surface area contributed by atoms with Crippen molar-refractivity contribution in [1.29, 1.82) is 0 Å². The predicted octanol–water partition coefficient (Wildman–Crippen LogP) is 5.44. The Bertz CT molecular complexity index is 669. The highest BCUT2D eigenvalue weighted by molar-refractivity contribution is 6.35. The number of carbonyl (C=O) groups is 1. The Kier molecular flexibility index (Phi) is 5.51. The maximum absolute atomic E-state index is 11.7. The number of benzene rings is 2. The Hall–Kier alpha value is -1.68. The van der Waals surface area contributed by atoms with Crippen LogP contribution in [-0.2, 0) is 0 Å². The molecule has 0 bridgehead atoms. The lowest BCUT2D eigenvalue weighted by atomic mass is 10.2. The molecule has 6 heteroatoms. The van der Waals surface area contributed by atoms with E-state index in [0.29, 0.717) is 20.8 Å². The maximum atomic E-state index is 11.7. The second-order valence-corrected chi connectivity index (χ2v) is 5.39. The van der Waals surface area contributed by atoms with Crippen LogP contribution in [-0.4, -0.2) is 6.03 Å². The molecule has 2 aromatic rings. The molecule has 2 rings (SSSR count). The molecule has 21 heavy (non-hydrogen) atoms. The molecule has 0 aliphatic rings. The van der Waals surface area contributed by atoms with Crippen molar-refractivity contribution in [1.82, 2.24) is 5.32 Å². The molecule has 0 atom stereocenters. The number of amides is 2. The fraction of sp³-hybridized carbons (Fsp3) is 0. The zero-order valence-electron chi connectivity index (χ0n) is 10.7. The molecular formula is C15H11Cl3N2O. The highest BCUT2D eigenvalue weighted by Crippen LogP contribution is 2.25. The highest BCUT2D eigenvalue weighted by atomic mass is 35.5. The van der Waals surface area contributed by atoms with Crippen molar-refractivity contribution in [3.05, 3.63) is 69.3 Å². The van der Waals surface area contributed by atoms with Crippen molar-refractivity contribution in [2.24, 2.45) is 0 Å². The summed E-state index contributed by atoms with van der Waals surface area (Å²) < 4.78 is 0. The Labute approximate surface area is 137 Å². The van der Waals surface area contributed by atoms with Gasteiger partial charge in [0, 0.05) is 16.2 Å². The van der Waals surface area contributed by atoms with Gasteiger partial charge in [0.15, 0.2) is 0 Å². The molecule has 108 valence electrons. The smallest absolute Gasteiger partial charge is 0.314 e. The molecule has 0 fully saturated rings. The summed E-state index contributed by atoms with van der Waals surface area (Å²) in [6.07, 6.45) is 3.27. The van der Waals surface area contributed by atoms with Gasteiger partial charge in [0.05, 0.1) is 10.7 Å². The predicted molar refractivity (Wildman–Crippen MR) is 89.1 cm³/mol. The number of hydrogen-bond donors (Lipinski definition) is 2. The quantitative estimate of drug-likeness (QED) is 0.767. The van der Waals surface area contributed by atoms with Gasteiger partial charge in [-0.1, -0.05) is 46.9 Å². The molecule has 0 unspecified atom stereocenters. The van der Waals surface area contributed by atoms with Gasteiger partial charge in [-0.05, 0) is 42.0 Å². The summed E-state index contributed by atoms with van der Waals surface area (Å²) in [4.78, 5) is 11.7. The van der Waals surface area contributed by atoms with Crippen molar-refractivity contribution in [3.8, 4) is 0 Å². The normalized spacial score (nSPS) is 10.6. The first-order valence-corrected chi connectivity index (χ1v) is 7.13. The summed E-state index contributed by atoms with van der Waals surface area (Å²) >= 11 is 17.6. The molecule has 0 aliphatic heterocycles. The van der Waals surface area contributed by atoms with E-state index >= 15 is 0 Å². The van der Waals surface area contributed by atoms with E-state index in [2.05, 4.69) is 10.6 Å². The second kappa shape index (κ2) is 7.36. The van der Waals surface area contributed by atoms with Crippen LogP contribution in [0.25, 0.3) is 6.08 Å². The minimum absolute atomic E-state index is 0.413. The zero-order valence-corrected chi connectivity index (χ0v) is 13.0. The number of hydrogen-bond acceptors (Lipinski definition) is 1. The number of carbonyl (C=O) groups excluding carboxylic acids is 1. The summed E-state index contributed by atoms with van der Waals surface area (Å²) in [7, 11) is 0. The van der Waals surface area contributed by atoms with Crippen LogP contribution in [0.5, 0.6) is 0 Å². The van der Waals surface area contributed by atoms with E-state index in [1.54, 1.807) is 36.4 Å². The van der Waals surface area contributed by atoms with Crippen LogP contribution >= 0.6 is 34.8 Å². The lowest BCUT2D eigenvalue weighted by molar-refractivity contribution is 0.255. The molecule has 2 amide bonds. The summed E-state index contributed by atoms with van der Waals surface area (Å²) in [6.45, 7) is 0. The number of nitrogens with one attached hydrogen (secondary N) is 2. The van der Waals surface area contributed by atoms with E-state index in [9.17, 15) is 4.79 Å². The van der Waals surface area contributed by atoms with Crippen LogP contribution in [0, 0.1) is 0 Å². The van der Waals surface area contributed by atoms with Crippen LogP contribution in [0.4, 0.5) is 10.5 Å². The Morgan fingerprint density at radius 3 is 2.33 bits per heavy atom. The van der Waals surface area contributed by atoms with Gasteiger partial charge in [-0.2, -0.15) is 0 Å². The van der Waals surface area contributed by atoms with Gasteiger partial charge in [-0.25, -0.2) is 4.79 Å². The lowest BCUT2D eigenvalue weighted by Gasteiger charge is -2.07. The summed E-state index contributed by atoms with van der Waals surface area (Å²) in [5.74, 6) is 0. The number of rotatable bonds is 3. The van der Waals surface area contributed by atoms with E-state index in [1.165, 1.54) is 6.20 Å². The third-order valence-corrected chi connectivity index (χ3v) is 3.35. The van der Waals surface area contributed by atoms with Gasteiger partial charge in [-0.15, -0.1) is 0 Å². The van der Waals surface area contributed by atoms with Crippen molar-refractivity contribution < 1.29 is 4.79 Å². The Balaban J connectivity index is 1.93. The largest absolute Gasteiger partial charge is 0.323 e. The molecule has 0 aliphatic carbocycles. The third-order valence-electron chi connectivity index (χ3n) is 2.54. The molecule has 0 heterocycles. The lowest BCUT2D eigenvalue weighted by Crippen LogP contribution is -2.23. The van der Waals surface area contributed by atoms with Crippen LogP contribution in [0.1, 0.15) is 5.56 Å². The summed E-state index contributed by atoms with van der Waals surface area (Å²) in [5, 5.41) is 6.75. The minimum Gasteiger partial charge on any atom is -0.314 e. The van der Waals surface area contributed by atoms with Gasteiger partial charge < -0.3 is 10.6 Å². The van der Waals surface area contributed by atoms with Gasteiger partial charge in [0.25, 0.3) is 0 Å². The van der Waals surface area contributed by atoms with Gasteiger partial charge in [0.2, 0.25) is 0 Å². The fourth-order valence-electron chi connectivity index (χ4n) is 1.54. The highest BCUT2D eigenvalue weighted by Gasteiger charge is 2.04. The van der Waals surface area contributed by atoms with E-state index in [-0.39, 0.29) is 0 Å². The molecule has 0 saturated carbocycles. The number of halogens is 3. The van der Waals surface area contributed by atoms with Crippen LogP contribution in [0.2, 0.25) is 15.1 Å². The second-order valence-electron chi connectivity index (χ2n) is 4.11. The first-order valence-electron chi connectivity index (χ1n) is 5.99. The molecule has 2 N–H and O–H groups in total. The molecule has 0 spiro atoms. The molecule has 0 saturated heterocycles. The van der Waals surface area contributed by atoms with Gasteiger partial charge >= 0.3 is 6.03 Å². The van der Waals surface area contributed by atoms with E-state index in [0.717, 1.165) is 5.56 Å². The van der Waals surface area contributed by atoms with E-state index in [4.69, 9.17) is 34.8 Å². The average molecular weight is 342 g/mol. The van der Waals surface area contributed by atoms with Crippen molar-refractivity contribution in [2.75, 3.05) is 5.32 Å². The van der Waals surface area contributed by atoms with Crippen molar-refractivity contribution in [3.63, 3.8) is 0 Å². The third kappa shape index (κ3) is 4.97. The Morgan fingerprint density at radius 1 is 0.952 bits per heavy atom. The molecule has 0 aromatic heterocycles. The van der Waals surface area contributed by atoms with Crippen molar-refractivity contribution in [2.45, 2.75) is 0 Å². The maximum Gasteiger partial charge on any atom is 0.323 e. The van der Waals surface area contributed by atoms with Crippen LogP contribution in [0.15, 0.2) is 48.7 Å². The first-order chi connectivity index (χ1) is 10.0. The number of anilines is 1. The summed E-state index contributed by atoms with van der Waals surface area (Å²) in [5.41, 5.74) is 1.36. The molecule has 3 nitrogen and oxygen atoms in total. The van der Waals surface area contributed by atoms with Gasteiger partial charge in [0.1, 0.15) is 0 Å². The topological polar surface area (TPSA) is 41.1 Å². The van der Waals surface area contributed by atoms with E-state index < -0.39 is 6.03 Å². The van der Waals surface area contributed by atoms with E-state index in [1.807, 2.05) is 12.1 Å². The average Bonchev–Trinajstić information content (AvgIpc) is 2.45. The van der Waals surface area contributed by atoms with Crippen LogP contribution < -0.4 is 10.6 Å². The van der Waals surface area contributed by atoms with Crippen LogP contribution in [0.3, 0.4) is 0 Å². The number of urea groups is 1. The molecular weight excluding hydrogens is 331 g/mol. The molecule has 2 aromatic carbocycles. The SMILES string of the molecule is O=C(N/C=C/c1ccc(Cl)cc1)Nc1cc(Cl)ccc1Cl. The van der Waals surface area contributed by atoms with Crippen molar-refractivity contribution >= 4 is 52.6 Å². The zero-order chi connectivity index (χ0) is 15.2. The standard InChI is InChI=1S/C15H11Cl3N2O/c16-11-3-1-10(2-4-11)7-8-19-15(21)20-14-9-12(17)5-6-13(14)18/h1-9H,(H2,19,20,21)/b8-7+.